The van der Waals surface area contributed by atoms with Gasteiger partial charge in [-0.2, -0.15) is 6.61 Å². The van der Waals surface area contributed by atoms with Gasteiger partial charge in [0.15, 0.2) is 0 Å². The van der Waals surface area contributed by atoms with Crippen LogP contribution in [0.4, 0.5) is 0 Å². The van der Waals surface area contributed by atoms with Crippen LogP contribution in [0.5, 0.6) is 0 Å². The van der Waals surface area contributed by atoms with Crippen molar-refractivity contribution in [2.24, 2.45) is 0 Å². The molecule has 4 atom stereocenters. The summed E-state index contributed by atoms with van der Waals surface area (Å²) in [5, 5.41) is 27.4. The maximum Gasteiger partial charge on any atom is 0.103 e. The maximum absolute atomic E-state index is 9.25. The molecule has 0 aromatic heterocycles. The molecule has 0 aromatic rings. The van der Waals surface area contributed by atoms with Crippen molar-refractivity contribution in [3.63, 3.8) is 0 Å². The Morgan fingerprint density at radius 2 is 1.69 bits per heavy atom. The molecule has 2 radical (unpaired) electrons. The van der Waals surface area contributed by atoms with Crippen LogP contribution in [0.15, 0.2) is 0 Å². The van der Waals surface area contributed by atoms with Crippen LogP contribution in [0.2, 0.25) is 0 Å². The average Bonchev–Trinajstić information content (AvgIpc) is 2.01. The summed E-state index contributed by atoms with van der Waals surface area (Å²) in [4.78, 5) is 0. The van der Waals surface area contributed by atoms with Gasteiger partial charge in [-0.15, -0.1) is 0 Å². The quantitative estimate of drug-likeness (QED) is 0.540. The molecule has 3 N–H and O–H groups in total. The van der Waals surface area contributed by atoms with Gasteiger partial charge in [-0.25, -0.2) is 0 Å². The first kappa shape index (κ1) is 16.3. The molecular formula is C7H13Co2O4-. The van der Waals surface area contributed by atoms with E-state index in [9.17, 15) is 5.11 Å². The number of hydrogen-bond acceptors (Lipinski definition) is 4. The molecule has 1 rings (SSSR count). The summed E-state index contributed by atoms with van der Waals surface area (Å²) >= 11 is 0. The number of ether oxygens (including phenoxy) is 1. The predicted octanol–water partition coefficient (Wildman–Crippen LogP) is -0.965. The van der Waals surface area contributed by atoms with Gasteiger partial charge in [0.05, 0.1) is 12.2 Å². The minimum atomic E-state index is -1.12. The van der Waals surface area contributed by atoms with Gasteiger partial charge < -0.3 is 20.1 Å². The van der Waals surface area contributed by atoms with Crippen molar-refractivity contribution in [2.45, 2.75) is 37.8 Å². The number of aliphatic hydroxyl groups excluding tert-OH is 3. The first-order valence-electron chi connectivity index (χ1n) is 3.69. The molecule has 1 saturated heterocycles. The molecule has 4 nitrogen and oxygen atoms in total. The fourth-order valence-electron chi connectivity index (χ4n) is 1.10. The first-order chi connectivity index (χ1) is 5.16. The van der Waals surface area contributed by atoms with Gasteiger partial charge in [0.2, 0.25) is 0 Å². The Morgan fingerprint density at radius 3 is 2.15 bits per heavy atom. The summed E-state index contributed by atoms with van der Waals surface area (Å²) in [6.07, 6.45) is -2.96. The van der Waals surface area contributed by atoms with Gasteiger partial charge in [0, 0.05) is 33.6 Å². The SMILES string of the molecule is CC[C@@H]1O[CH-][C@@H](O)[C@H](O)[C@H]1O.[Co].[Co]. The Balaban J connectivity index is 0. The molecular weight excluding hydrogens is 266 g/mol. The maximum atomic E-state index is 9.25. The Morgan fingerprint density at radius 1 is 1.15 bits per heavy atom. The van der Waals surface area contributed by atoms with Crippen molar-refractivity contribution < 1.29 is 53.6 Å². The van der Waals surface area contributed by atoms with Gasteiger partial charge in [-0.05, 0) is 12.5 Å². The zero-order valence-corrected chi connectivity index (χ0v) is 9.09. The van der Waals surface area contributed by atoms with Crippen molar-refractivity contribution in [2.75, 3.05) is 0 Å². The zero-order valence-electron chi connectivity index (χ0n) is 7.01. The van der Waals surface area contributed by atoms with E-state index in [1.54, 1.807) is 0 Å². The Bertz CT molecular complexity index is 134. The monoisotopic (exact) mass is 279 g/mol. The van der Waals surface area contributed by atoms with Gasteiger partial charge in [-0.1, -0.05) is 6.92 Å². The molecule has 0 bridgehead atoms. The molecule has 0 aromatic carbocycles. The third-order valence-electron chi connectivity index (χ3n) is 1.88. The molecule has 1 heterocycles. The second kappa shape index (κ2) is 7.19. The van der Waals surface area contributed by atoms with Gasteiger partial charge in [0.1, 0.15) is 6.10 Å². The number of rotatable bonds is 1. The van der Waals surface area contributed by atoms with E-state index in [2.05, 4.69) is 0 Å². The zero-order chi connectivity index (χ0) is 8.43. The normalized spacial score (nSPS) is 38.8. The molecule has 84 valence electrons. The van der Waals surface area contributed by atoms with Crippen molar-refractivity contribution >= 4 is 0 Å². The van der Waals surface area contributed by atoms with Crippen LogP contribution in [0.1, 0.15) is 13.3 Å². The van der Waals surface area contributed by atoms with Gasteiger partial charge >= 0.3 is 0 Å². The van der Waals surface area contributed by atoms with E-state index in [0.29, 0.717) is 6.42 Å². The van der Waals surface area contributed by atoms with Crippen LogP contribution >= 0.6 is 0 Å². The minimum Gasteiger partial charge on any atom is -0.545 e. The van der Waals surface area contributed by atoms with E-state index in [1.807, 2.05) is 6.92 Å². The Kier molecular flexibility index (Phi) is 9.00. The molecule has 0 unspecified atom stereocenters. The van der Waals surface area contributed by atoms with Crippen LogP contribution in [0, 0.1) is 6.61 Å². The number of hydrogen-bond donors (Lipinski definition) is 3. The molecule has 6 heteroatoms. The van der Waals surface area contributed by atoms with Gasteiger partial charge in [-0.3, -0.25) is 0 Å². The van der Waals surface area contributed by atoms with E-state index in [1.165, 1.54) is 0 Å². The molecule has 1 aliphatic heterocycles. The standard InChI is InChI=1S/C7H13O4.2Co/c1-2-5-7(10)6(9)4(8)3-11-5;;/h3-10H,2H2,1H3;;/q-1;;/t4-,5+,6+,7+;;/m1../s1. The molecule has 1 aliphatic rings. The first-order valence-corrected chi connectivity index (χ1v) is 3.69. The van der Waals surface area contributed by atoms with Crippen LogP contribution in [0.25, 0.3) is 0 Å². The summed E-state index contributed by atoms with van der Waals surface area (Å²) in [5.41, 5.74) is 0. The molecule has 0 amide bonds. The third-order valence-corrected chi connectivity index (χ3v) is 1.88. The average molecular weight is 279 g/mol. The van der Waals surface area contributed by atoms with E-state index in [0.717, 1.165) is 6.61 Å². The molecule has 0 saturated carbocycles. The summed E-state index contributed by atoms with van der Waals surface area (Å²) in [6, 6.07) is 0. The Hall–Kier alpha value is 0.853. The fourth-order valence-corrected chi connectivity index (χ4v) is 1.10. The van der Waals surface area contributed by atoms with E-state index in [-0.39, 0.29) is 33.6 Å². The molecule has 0 spiro atoms. The topological polar surface area (TPSA) is 69.9 Å². The van der Waals surface area contributed by atoms with Gasteiger partial charge in [0.25, 0.3) is 0 Å². The van der Waals surface area contributed by atoms with Crippen LogP contribution in [-0.4, -0.2) is 39.7 Å². The van der Waals surface area contributed by atoms with E-state index in [4.69, 9.17) is 14.9 Å². The minimum absolute atomic E-state index is 0. The van der Waals surface area contributed by atoms with Crippen LogP contribution in [-0.2, 0) is 38.3 Å². The molecule has 13 heavy (non-hydrogen) atoms. The predicted molar refractivity (Wildman–Crippen MR) is 37.5 cm³/mol. The third kappa shape index (κ3) is 3.84. The van der Waals surface area contributed by atoms with Crippen molar-refractivity contribution in [3.8, 4) is 0 Å². The Labute approximate surface area is 98.1 Å². The number of aliphatic hydroxyl groups is 3. The molecule has 0 aliphatic carbocycles. The van der Waals surface area contributed by atoms with Crippen molar-refractivity contribution in [1.29, 1.82) is 0 Å². The van der Waals surface area contributed by atoms with Crippen LogP contribution < -0.4 is 0 Å². The fraction of sp³-hybridized carbons (Fsp3) is 0.857. The van der Waals surface area contributed by atoms with Crippen molar-refractivity contribution in [3.05, 3.63) is 6.61 Å². The summed E-state index contributed by atoms with van der Waals surface area (Å²) < 4.78 is 4.94. The smallest absolute Gasteiger partial charge is 0.103 e. The summed E-state index contributed by atoms with van der Waals surface area (Å²) in [6.45, 7) is 3.00. The van der Waals surface area contributed by atoms with E-state index >= 15 is 0 Å². The molecule has 1 fully saturated rings. The summed E-state index contributed by atoms with van der Waals surface area (Å²) in [5.74, 6) is 0. The summed E-state index contributed by atoms with van der Waals surface area (Å²) in [7, 11) is 0. The second-order valence-corrected chi connectivity index (χ2v) is 2.69. The second-order valence-electron chi connectivity index (χ2n) is 2.69. The van der Waals surface area contributed by atoms with Crippen molar-refractivity contribution in [1.82, 2.24) is 0 Å². The largest absolute Gasteiger partial charge is 0.545 e. The van der Waals surface area contributed by atoms with Crippen LogP contribution in [0.3, 0.4) is 0 Å². The van der Waals surface area contributed by atoms with E-state index < -0.39 is 24.4 Å².